The summed E-state index contributed by atoms with van der Waals surface area (Å²) in [5, 5.41) is 3.14. The van der Waals surface area contributed by atoms with Gasteiger partial charge in [-0.1, -0.05) is 44.2 Å². The van der Waals surface area contributed by atoms with Crippen molar-refractivity contribution in [3.05, 3.63) is 40.4 Å². The Morgan fingerprint density at radius 1 is 1.24 bits per heavy atom. The Morgan fingerprint density at radius 2 is 1.84 bits per heavy atom. The highest BCUT2D eigenvalue weighted by atomic mass is 35.5. The molecule has 0 spiro atoms. The summed E-state index contributed by atoms with van der Waals surface area (Å²) in [6, 6.07) is 7.10. The van der Waals surface area contributed by atoms with Crippen LogP contribution in [0.25, 0.3) is 0 Å². The molecule has 0 aliphatic heterocycles. The van der Waals surface area contributed by atoms with E-state index in [4.69, 9.17) is 10.5 Å². The summed E-state index contributed by atoms with van der Waals surface area (Å²) in [5.41, 5.74) is 7.41. The molecule has 1 aromatic carbocycles. The minimum atomic E-state index is -0.448. The molecule has 2 aromatic rings. The lowest BCUT2D eigenvalue weighted by atomic mass is 9.91. The average molecular weight is 384 g/mol. The van der Waals surface area contributed by atoms with E-state index in [-0.39, 0.29) is 30.2 Å². The third-order valence-electron chi connectivity index (χ3n) is 3.30. The molecule has 0 bridgehead atoms. The van der Waals surface area contributed by atoms with Gasteiger partial charge in [0.05, 0.1) is 19.2 Å². The van der Waals surface area contributed by atoms with Gasteiger partial charge < -0.3 is 15.8 Å². The molecule has 0 aliphatic carbocycles. The largest absolute Gasteiger partial charge is 0.465 e. The van der Waals surface area contributed by atoms with E-state index in [0.717, 1.165) is 16.9 Å². The van der Waals surface area contributed by atoms with Gasteiger partial charge in [0.1, 0.15) is 4.88 Å². The highest BCUT2D eigenvalue weighted by molar-refractivity contribution is 7.17. The van der Waals surface area contributed by atoms with Crippen LogP contribution in [0.4, 0.5) is 10.8 Å². The van der Waals surface area contributed by atoms with E-state index in [1.165, 1.54) is 7.11 Å². The second-order valence-corrected chi connectivity index (χ2v) is 7.40. The van der Waals surface area contributed by atoms with Crippen LogP contribution in [-0.4, -0.2) is 24.0 Å². The molecule has 0 unspecified atom stereocenters. The second-order valence-electron chi connectivity index (χ2n) is 6.40. The molecule has 0 saturated heterocycles. The van der Waals surface area contributed by atoms with E-state index in [2.05, 4.69) is 10.3 Å². The van der Waals surface area contributed by atoms with Crippen LogP contribution in [0.1, 0.15) is 41.7 Å². The monoisotopic (exact) mass is 383 g/mol. The fraction of sp³-hybridized carbons (Fsp3) is 0.353. The first kappa shape index (κ1) is 20.9. The SMILES string of the molecule is COC(=O)c1sc(NC(=O)Cc2ccc(N)cc2)nc1C(C)(C)C.Cl. The van der Waals surface area contributed by atoms with Gasteiger partial charge in [-0.2, -0.15) is 0 Å². The number of hydrogen-bond acceptors (Lipinski definition) is 6. The van der Waals surface area contributed by atoms with E-state index in [0.29, 0.717) is 21.4 Å². The summed E-state index contributed by atoms with van der Waals surface area (Å²) < 4.78 is 4.80. The van der Waals surface area contributed by atoms with Crippen molar-refractivity contribution in [1.29, 1.82) is 0 Å². The van der Waals surface area contributed by atoms with Crippen LogP contribution in [0.5, 0.6) is 0 Å². The van der Waals surface area contributed by atoms with Gasteiger partial charge in [0.2, 0.25) is 5.91 Å². The summed E-state index contributed by atoms with van der Waals surface area (Å²) in [6.07, 6.45) is 0.207. The number of carbonyl (C=O) groups excluding carboxylic acids is 2. The third-order valence-corrected chi connectivity index (χ3v) is 4.25. The van der Waals surface area contributed by atoms with Crippen LogP contribution in [0.3, 0.4) is 0 Å². The lowest BCUT2D eigenvalue weighted by molar-refractivity contribution is -0.115. The molecule has 136 valence electrons. The number of nitrogens with zero attached hydrogens (tertiary/aromatic N) is 1. The van der Waals surface area contributed by atoms with E-state index >= 15 is 0 Å². The van der Waals surface area contributed by atoms with Crippen molar-refractivity contribution in [1.82, 2.24) is 4.98 Å². The summed E-state index contributed by atoms with van der Waals surface area (Å²) in [7, 11) is 1.33. The van der Waals surface area contributed by atoms with E-state index in [1.807, 2.05) is 20.8 Å². The summed E-state index contributed by atoms with van der Waals surface area (Å²) in [6.45, 7) is 5.86. The maximum Gasteiger partial charge on any atom is 0.350 e. The van der Waals surface area contributed by atoms with Gasteiger partial charge in [-0.25, -0.2) is 9.78 Å². The van der Waals surface area contributed by atoms with Crippen molar-refractivity contribution in [2.75, 3.05) is 18.2 Å². The molecule has 8 heteroatoms. The molecule has 0 radical (unpaired) electrons. The molecular weight excluding hydrogens is 362 g/mol. The highest BCUT2D eigenvalue weighted by Crippen LogP contribution is 2.32. The maximum absolute atomic E-state index is 12.2. The van der Waals surface area contributed by atoms with Crippen molar-refractivity contribution >= 4 is 46.4 Å². The Hall–Kier alpha value is -2.12. The first-order chi connectivity index (χ1) is 11.2. The molecule has 1 amide bonds. The van der Waals surface area contributed by atoms with Gasteiger partial charge in [-0.05, 0) is 17.7 Å². The zero-order valence-corrected chi connectivity index (χ0v) is 16.2. The van der Waals surface area contributed by atoms with Crippen molar-refractivity contribution in [2.24, 2.45) is 0 Å². The van der Waals surface area contributed by atoms with Crippen molar-refractivity contribution in [3.63, 3.8) is 0 Å². The molecule has 0 atom stereocenters. The fourth-order valence-electron chi connectivity index (χ4n) is 2.10. The van der Waals surface area contributed by atoms with Crippen LogP contribution < -0.4 is 11.1 Å². The standard InChI is InChI=1S/C17H21N3O3S.ClH/c1-17(2,3)14-13(15(22)23-4)24-16(20-14)19-12(21)9-10-5-7-11(18)8-6-10;/h5-8H,9,18H2,1-4H3,(H,19,20,21);1H. The number of nitrogens with one attached hydrogen (secondary N) is 1. The first-order valence-electron chi connectivity index (χ1n) is 7.44. The Morgan fingerprint density at radius 3 is 2.36 bits per heavy atom. The topological polar surface area (TPSA) is 94.3 Å². The van der Waals surface area contributed by atoms with Crippen LogP contribution in [0, 0.1) is 0 Å². The van der Waals surface area contributed by atoms with E-state index in [9.17, 15) is 9.59 Å². The zero-order chi connectivity index (χ0) is 17.9. The van der Waals surface area contributed by atoms with Crippen molar-refractivity contribution in [2.45, 2.75) is 32.6 Å². The van der Waals surface area contributed by atoms with Gasteiger partial charge in [-0.3, -0.25) is 4.79 Å². The number of thiazole rings is 1. The number of amides is 1. The van der Waals surface area contributed by atoms with Gasteiger partial charge in [-0.15, -0.1) is 12.4 Å². The number of nitrogen functional groups attached to an aromatic ring is 1. The number of aromatic nitrogens is 1. The average Bonchev–Trinajstić information content (AvgIpc) is 2.92. The number of halogens is 1. The number of benzene rings is 1. The Labute approximate surface area is 157 Å². The maximum atomic E-state index is 12.2. The van der Waals surface area contributed by atoms with Crippen LogP contribution in [0.2, 0.25) is 0 Å². The van der Waals surface area contributed by atoms with Gasteiger partial charge >= 0.3 is 5.97 Å². The molecule has 3 N–H and O–H groups in total. The quantitative estimate of drug-likeness (QED) is 0.623. The number of hydrogen-bond donors (Lipinski definition) is 2. The minimum absolute atomic E-state index is 0. The molecule has 0 fully saturated rings. The molecule has 6 nitrogen and oxygen atoms in total. The highest BCUT2D eigenvalue weighted by Gasteiger charge is 2.28. The zero-order valence-electron chi connectivity index (χ0n) is 14.6. The van der Waals surface area contributed by atoms with E-state index < -0.39 is 5.97 Å². The molecule has 1 aromatic heterocycles. The number of nitrogens with two attached hydrogens (primary N) is 1. The second kappa shape index (κ2) is 8.31. The van der Waals surface area contributed by atoms with E-state index in [1.54, 1.807) is 24.3 Å². The van der Waals surface area contributed by atoms with Crippen LogP contribution in [-0.2, 0) is 21.4 Å². The van der Waals surface area contributed by atoms with Gasteiger partial charge in [0.15, 0.2) is 5.13 Å². The van der Waals surface area contributed by atoms with Gasteiger partial charge in [0, 0.05) is 11.1 Å². The number of esters is 1. The Bertz CT molecular complexity index is 751. The number of ether oxygens (including phenoxy) is 1. The lowest BCUT2D eigenvalue weighted by Crippen LogP contribution is -2.17. The molecule has 25 heavy (non-hydrogen) atoms. The smallest absolute Gasteiger partial charge is 0.350 e. The summed E-state index contributed by atoms with van der Waals surface area (Å²) >= 11 is 1.12. The first-order valence-corrected chi connectivity index (χ1v) is 8.26. The van der Waals surface area contributed by atoms with Gasteiger partial charge in [0.25, 0.3) is 0 Å². The lowest BCUT2D eigenvalue weighted by Gasteiger charge is -2.16. The van der Waals surface area contributed by atoms with Crippen molar-refractivity contribution in [3.8, 4) is 0 Å². The normalized spacial score (nSPS) is 10.7. The molecule has 2 rings (SSSR count). The minimum Gasteiger partial charge on any atom is -0.465 e. The van der Waals surface area contributed by atoms with Crippen molar-refractivity contribution < 1.29 is 14.3 Å². The van der Waals surface area contributed by atoms with Crippen LogP contribution >= 0.6 is 23.7 Å². The predicted octanol–water partition coefficient (Wildman–Crippen LogP) is 3.41. The number of rotatable bonds is 4. The molecule has 0 saturated carbocycles. The molecular formula is C17H22ClN3O3S. The fourth-order valence-corrected chi connectivity index (χ4v) is 3.21. The molecule has 1 heterocycles. The predicted molar refractivity (Wildman–Crippen MR) is 103 cm³/mol. The Kier molecular flexibility index (Phi) is 6.96. The third kappa shape index (κ3) is 5.44. The number of anilines is 2. The Balaban J connectivity index is 0.00000312. The van der Waals surface area contributed by atoms with Crippen LogP contribution in [0.15, 0.2) is 24.3 Å². The number of methoxy groups -OCH3 is 1. The summed E-state index contributed by atoms with van der Waals surface area (Å²) in [4.78, 5) is 28.9. The molecule has 0 aliphatic rings. The number of carbonyl (C=O) groups is 2. The summed E-state index contributed by atoms with van der Waals surface area (Å²) in [5.74, 6) is -0.651.